The summed E-state index contributed by atoms with van der Waals surface area (Å²) in [6, 6.07) is 21.7. The van der Waals surface area contributed by atoms with E-state index in [9.17, 15) is 9.90 Å². The van der Waals surface area contributed by atoms with Crippen LogP contribution in [0.1, 0.15) is 40.8 Å². The van der Waals surface area contributed by atoms with Gasteiger partial charge in [0.25, 0.3) is 0 Å². The van der Waals surface area contributed by atoms with Crippen LogP contribution in [0.3, 0.4) is 0 Å². The summed E-state index contributed by atoms with van der Waals surface area (Å²) in [7, 11) is 0. The number of hydrogen-bond donors (Lipinski definition) is 2. The molecule has 0 aliphatic heterocycles. The number of nitrogens with zero attached hydrogens (tertiary/aromatic N) is 4. The Morgan fingerprint density at radius 3 is 2.11 bits per heavy atom. The lowest BCUT2D eigenvalue weighted by Crippen LogP contribution is -2.24. The quantitative estimate of drug-likeness (QED) is 0.317. The average molecular weight is 478 g/mol. The Hall–Kier alpha value is -4.70. The molecule has 2 N–H and O–H groups in total. The maximum absolute atomic E-state index is 12.3. The van der Waals surface area contributed by atoms with Gasteiger partial charge in [-0.1, -0.05) is 25.1 Å². The maximum Gasteiger partial charge on any atom is 0.330 e. The number of aryl methyl sites for hydroxylation is 1. The molecule has 180 valence electrons. The van der Waals surface area contributed by atoms with Crippen molar-refractivity contribution in [3.63, 3.8) is 0 Å². The number of nitrogens with one attached hydrogen (secondary N) is 1. The standard InChI is InChI=1S/C29H27N5O2/c1-2-21-13-25(28(29(35)36)33-26-9-7-22(16-30)8-10-26)15-27(14-21)34(19-23-5-3-11-31-17-23)20-24-6-4-12-32-18-24/h3-15,17-18,28,33H,2,19-20H2,1H3,(H,35,36). The first-order chi connectivity index (χ1) is 17.6. The van der Waals surface area contributed by atoms with Gasteiger partial charge in [-0.3, -0.25) is 9.97 Å². The van der Waals surface area contributed by atoms with Gasteiger partial charge in [-0.25, -0.2) is 4.79 Å². The molecule has 0 amide bonds. The summed E-state index contributed by atoms with van der Waals surface area (Å²) in [6.07, 6.45) is 7.94. The normalized spacial score (nSPS) is 11.3. The summed E-state index contributed by atoms with van der Waals surface area (Å²) < 4.78 is 0. The van der Waals surface area contributed by atoms with Gasteiger partial charge >= 0.3 is 5.97 Å². The van der Waals surface area contributed by atoms with Gasteiger partial charge in [-0.2, -0.15) is 5.26 Å². The van der Waals surface area contributed by atoms with Gasteiger partial charge in [-0.15, -0.1) is 0 Å². The molecule has 2 aromatic carbocycles. The second-order valence-corrected chi connectivity index (χ2v) is 8.47. The summed E-state index contributed by atoms with van der Waals surface area (Å²) in [5.41, 5.74) is 5.87. The minimum absolute atomic E-state index is 0.518. The van der Waals surface area contributed by atoms with Crippen molar-refractivity contribution in [3.05, 3.63) is 119 Å². The van der Waals surface area contributed by atoms with Crippen molar-refractivity contribution in [1.29, 1.82) is 5.26 Å². The summed E-state index contributed by atoms with van der Waals surface area (Å²) in [5.74, 6) is -0.982. The van der Waals surface area contributed by atoms with Crippen molar-refractivity contribution < 1.29 is 9.90 Å². The molecule has 7 nitrogen and oxygen atoms in total. The van der Waals surface area contributed by atoms with E-state index >= 15 is 0 Å². The monoisotopic (exact) mass is 477 g/mol. The lowest BCUT2D eigenvalue weighted by atomic mass is 10.00. The smallest absolute Gasteiger partial charge is 0.330 e. The Bertz CT molecular complexity index is 1290. The summed E-state index contributed by atoms with van der Waals surface area (Å²) in [6.45, 7) is 3.27. The van der Waals surface area contributed by atoms with Crippen molar-refractivity contribution in [2.75, 3.05) is 10.2 Å². The first-order valence-corrected chi connectivity index (χ1v) is 11.7. The van der Waals surface area contributed by atoms with Gasteiger partial charge in [0.2, 0.25) is 0 Å². The number of rotatable bonds is 10. The molecule has 1 unspecified atom stereocenters. The minimum Gasteiger partial charge on any atom is -0.479 e. The largest absolute Gasteiger partial charge is 0.479 e. The van der Waals surface area contributed by atoms with E-state index in [2.05, 4.69) is 39.2 Å². The van der Waals surface area contributed by atoms with Crippen LogP contribution in [0.5, 0.6) is 0 Å². The Balaban J connectivity index is 1.71. The van der Waals surface area contributed by atoms with Gasteiger partial charge in [-0.05, 0) is 77.2 Å². The number of carboxylic acid groups (broad SMARTS) is 1. The SMILES string of the molecule is CCc1cc(C(Nc2ccc(C#N)cc2)C(=O)O)cc(N(Cc2cccnc2)Cc2cccnc2)c1. The molecule has 0 spiro atoms. The highest BCUT2D eigenvalue weighted by molar-refractivity contribution is 5.80. The number of aliphatic carboxylic acids is 1. The molecule has 7 heteroatoms. The van der Waals surface area contributed by atoms with Crippen LogP contribution in [0.4, 0.5) is 11.4 Å². The Morgan fingerprint density at radius 1 is 0.972 bits per heavy atom. The number of anilines is 2. The second kappa shape index (κ2) is 11.6. The van der Waals surface area contributed by atoms with Crippen LogP contribution < -0.4 is 10.2 Å². The molecule has 4 rings (SSSR count). The zero-order chi connectivity index (χ0) is 25.3. The van der Waals surface area contributed by atoms with Crippen LogP contribution >= 0.6 is 0 Å². The summed E-state index contributed by atoms with van der Waals surface area (Å²) in [5, 5.41) is 22.3. The van der Waals surface area contributed by atoms with Crippen LogP contribution in [0.15, 0.2) is 91.5 Å². The lowest BCUT2D eigenvalue weighted by molar-refractivity contribution is -0.138. The second-order valence-electron chi connectivity index (χ2n) is 8.47. The number of nitriles is 1. The third kappa shape index (κ3) is 6.24. The predicted molar refractivity (Wildman–Crippen MR) is 139 cm³/mol. The Labute approximate surface area is 210 Å². The number of hydrogen-bond acceptors (Lipinski definition) is 6. The summed E-state index contributed by atoms with van der Waals surface area (Å²) in [4.78, 5) is 23.1. The van der Waals surface area contributed by atoms with Crippen molar-refractivity contribution in [3.8, 4) is 6.07 Å². The Morgan fingerprint density at radius 2 is 1.61 bits per heavy atom. The van der Waals surface area contributed by atoms with Crippen LogP contribution in [-0.2, 0) is 24.3 Å². The molecular formula is C29H27N5O2. The number of pyridine rings is 2. The fraction of sp³-hybridized carbons (Fsp3) is 0.172. The van der Waals surface area contributed by atoms with Gasteiger partial charge in [0.1, 0.15) is 0 Å². The third-order valence-electron chi connectivity index (χ3n) is 5.87. The number of aromatic nitrogens is 2. The van der Waals surface area contributed by atoms with E-state index in [0.717, 1.165) is 28.8 Å². The predicted octanol–water partition coefficient (Wildman–Crippen LogP) is 5.36. The molecule has 0 fully saturated rings. The highest BCUT2D eigenvalue weighted by Gasteiger charge is 2.22. The fourth-order valence-electron chi connectivity index (χ4n) is 4.01. The van der Waals surface area contributed by atoms with E-state index in [1.165, 1.54) is 0 Å². The fourth-order valence-corrected chi connectivity index (χ4v) is 4.01. The first kappa shape index (κ1) is 24.4. The first-order valence-electron chi connectivity index (χ1n) is 11.7. The Kier molecular flexibility index (Phi) is 7.89. The highest BCUT2D eigenvalue weighted by atomic mass is 16.4. The van der Waals surface area contributed by atoms with Crippen LogP contribution in [0.2, 0.25) is 0 Å². The highest BCUT2D eigenvalue weighted by Crippen LogP contribution is 2.29. The number of benzene rings is 2. The molecule has 0 bridgehead atoms. The molecule has 0 saturated heterocycles. The van der Waals surface area contributed by atoms with E-state index in [1.54, 1.807) is 36.7 Å². The summed E-state index contributed by atoms with van der Waals surface area (Å²) >= 11 is 0. The number of carboxylic acids is 1. The van der Waals surface area contributed by atoms with E-state index in [1.807, 2.05) is 48.8 Å². The van der Waals surface area contributed by atoms with Crippen LogP contribution in [-0.4, -0.2) is 21.0 Å². The zero-order valence-electron chi connectivity index (χ0n) is 20.0. The molecular weight excluding hydrogens is 450 g/mol. The van der Waals surface area contributed by atoms with Crippen molar-refractivity contribution in [2.45, 2.75) is 32.5 Å². The molecule has 0 aliphatic rings. The molecule has 2 aromatic heterocycles. The molecule has 4 aromatic rings. The van der Waals surface area contributed by atoms with Crippen molar-refractivity contribution >= 4 is 17.3 Å². The zero-order valence-corrected chi connectivity index (χ0v) is 20.0. The van der Waals surface area contributed by atoms with Crippen molar-refractivity contribution in [1.82, 2.24) is 9.97 Å². The van der Waals surface area contributed by atoms with E-state index < -0.39 is 12.0 Å². The molecule has 2 heterocycles. The number of carbonyl (C=O) groups is 1. The van der Waals surface area contributed by atoms with E-state index in [0.29, 0.717) is 29.9 Å². The average Bonchev–Trinajstić information content (AvgIpc) is 2.92. The van der Waals surface area contributed by atoms with Crippen molar-refractivity contribution in [2.24, 2.45) is 0 Å². The molecule has 36 heavy (non-hydrogen) atoms. The topological polar surface area (TPSA) is 102 Å². The minimum atomic E-state index is -0.982. The van der Waals surface area contributed by atoms with E-state index in [4.69, 9.17) is 5.26 Å². The van der Waals surface area contributed by atoms with Crippen LogP contribution in [0, 0.1) is 11.3 Å². The van der Waals surface area contributed by atoms with Crippen LogP contribution in [0.25, 0.3) is 0 Å². The van der Waals surface area contributed by atoms with Gasteiger partial charge < -0.3 is 15.3 Å². The van der Waals surface area contributed by atoms with E-state index in [-0.39, 0.29) is 0 Å². The molecule has 1 atom stereocenters. The van der Waals surface area contributed by atoms with Gasteiger partial charge in [0, 0.05) is 49.3 Å². The van der Waals surface area contributed by atoms with Gasteiger partial charge in [0.15, 0.2) is 6.04 Å². The molecule has 0 saturated carbocycles. The van der Waals surface area contributed by atoms with Gasteiger partial charge in [0.05, 0.1) is 11.6 Å². The molecule has 0 aliphatic carbocycles. The maximum atomic E-state index is 12.3. The third-order valence-corrected chi connectivity index (χ3v) is 5.87. The molecule has 0 radical (unpaired) electrons. The lowest BCUT2D eigenvalue weighted by Gasteiger charge is -2.27.